The SMILES string of the molecule is CCCN(Cc1ccccc1)c1cccc(CN)n1. The van der Waals surface area contributed by atoms with Crippen LogP contribution in [-0.2, 0) is 13.1 Å². The molecule has 3 nitrogen and oxygen atoms in total. The molecule has 0 bridgehead atoms. The van der Waals surface area contributed by atoms with Crippen molar-refractivity contribution in [1.82, 2.24) is 4.98 Å². The summed E-state index contributed by atoms with van der Waals surface area (Å²) in [7, 11) is 0. The molecular formula is C16H21N3. The monoisotopic (exact) mass is 255 g/mol. The van der Waals surface area contributed by atoms with Crippen LogP contribution < -0.4 is 10.6 Å². The van der Waals surface area contributed by atoms with Crippen molar-refractivity contribution < 1.29 is 0 Å². The predicted molar refractivity (Wildman–Crippen MR) is 79.9 cm³/mol. The second-order valence-electron chi connectivity index (χ2n) is 4.60. The molecule has 0 aliphatic carbocycles. The van der Waals surface area contributed by atoms with Gasteiger partial charge in [-0.25, -0.2) is 4.98 Å². The minimum atomic E-state index is 0.485. The zero-order valence-corrected chi connectivity index (χ0v) is 11.4. The average molecular weight is 255 g/mol. The van der Waals surface area contributed by atoms with E-state index in [0.717, 1.165) is 31.0 Å². The van der Waals surface area contributed by atoms with Crippen molar-refractivity contribution in [2.75, 3.05) is 11.4 Å². The van der Waals surface area contributed by atoms with Gasteiger partial charge in [0.25, 0.3) is 0 Å². The lowest BCUT2D eigenvalue weighted by Gasteiger charge is -2.23. The van der Waals surface area contributed by atoms with Crippen molar-refractivity contribution in [3.63, 3.8) is 0 Å². The Kier molecular flexibility index (Phi) is 4.93. The summed E-state index contributed by atoms with van der Waals surface area (Å²) in [5.41, 5.74) is 7.90. The number of aromatic nitrogens is 1. The van der Waals surface area contributed by atoms with Gasteiger partial charge in [0.2, 0.25) is 0 Å². The predicted octanol–water partition coefficient (Wildman–Crippen LogP) is 2.96. The van der Waals surface area contributed by atoms with Crippen molar-refractivity contribution in [3.05, 3.63) is 59.8 Å². The first-order valence-electron chi connectivity index (χ1n) is 6.78. The lowest BCUT2D eigenvalue weighted by atomic mass is 10.2. The third kappa shape index (κ3) is 3.80. The van der Waals surface area contributed by atoms with Crippen LogP contribution in [0.3, 0.4) is 0 Å². The van der Waals surface area contributed by atoms with Crippen LogP contribution in [0.5, 0.6) is 0 Å². The first-order valence-corrected chi connectivity index (χ1v) is 6.78. The fourth-order valence-electron chi connectivity index (χ4n) is 2.11. The molecule has 0 atom stereocenters. The summed E-state index contributed by atoms with van der Waals surface area (Å²) >= 11 is 0. The molecule has 100 valence electrons. The molecule has 1 heterocycles. The van der Waals surface area contributed by atoms with Gasteiger partial charge in [-0.15, -0.1) is 0 Å². The van der Waals surface area contributed by atoms with Gasteiger partial charge in [0.05, 0.1) is 5.69 Å². The van der Waals surface area contributed by atoms with Crippen LogP contribution in [0.4, 0.5) is 5.82 Å². The number of hydrogen-bond donors (Lipinski definition) is 1. The van der Waals surface area contributed by atoms with Crippen molar-refractivity contribution in [3.8, 4) is 0 Å². The molecule has 2 N–H and O–H groups in total. The van der Waals surface area contributed by atoms with E-state index in [1.807, 2.05) is 18.2 Å². The van der Waals surface area contributed by atoms with Crippen LogP contribution in [0.25, 0.3) is 0 Å². The first kappa shape index (κ1) is 13.6. The third-order valence-corrected chi connectivity index (χ3v) is 3.03. The summed E-state index contributed by atoms with van der Waals surface area (Å²) in [6.45, 7) is 4.55. The quantitative estimate of drug-likeness (QED) is 0.863. The third-order valence-electron chi connectivity index (χ3n) is 3.03. The van der Waals surface area contributed by atoms with Crippen LogP contribution in [0.1, 0.15) is 24.6 Å². The lowest BCUT2D eigenvalue weighted by molar-refractivity contribution is 0.750. The smallest absolute Gasteiger partial charge is 0.129 e. The Morgan fingerprint density at radius 3 is 2.53 bits per heavy atom. The molecule has 19 heavy (non-hydrogen) atoms. The van der Waals surface area contributed by atoms with Crippen molar-refractivity contribution in [2.45, 2.75) is 26.4 Å². The number of hydrogen-bond acceptors (Lipinski definition) is 3. The fourth-order valence-corrected chi connectivity index (χ4v) is 2.11. The molecule has 0 fully saturated rings. The van der Waals surface area contributed by atoms with Crippen molar-refractivity contribution in [1.29, 1.82) is 0 Å². The summed E-state index contributed by atoms with van der Waals surface area (Å²) in [6.07, 6.45) is 1.10. The molecule has 1 aromatic carbocycles. The number of benzene rings is 1. The zero-order chi connectivity index (χ0) is 13.5. The molecule has 0 saturated carbocycles. The van der Waals surface area contributed by atoms with E-state index in [2.05, 4.69) is 47.1 Å². The maximum Gasteiger partial charge on any atom is 0.129 e. The van der Waals surface area contributed by atoms with E-state index in [0.29, 0.717) is 6.54 Å². The Morgan fingerprint density at radius 2 is 1.84 bits per heavy atom. The maximum atomic E-state index is 5.66. The van der Waals surface area contributed by atoms with E-state index in [1.165, 1.54) is 5.56 Å². The van der Waals surface area contributed by atoms with Crippen LogP contribution in [-0.4, -0.2) is 11.5 Å². The second kappa shape index (κ2) is 6.90. The molecule has 3 heteroatoms. The molecule has 0 amide bonds. The molecule has 0 aliphatic rings. The van der Waals surface area contributed by atoms with Crippen LogP contribution in [0, 0.1) is 0 Å². The Bertz CT molecular complexity index is 496. The van der Waals surface area contributed by atoms with E-state index in [4.69, 9.17) is 5.73 Å². The number of pyridine rings is 1. The Morgan fingerprint density at radius 1 is 1.05 bits per heavy atom. The van der Waals surface area contributed by atoms with Crippen LogP contribution in [0.2, 0.25) is 0 Å². The van der Waals surface area contributed by atoms with Gasteiger partial charge in [-0.3, -0.25) is 0 Å². The summed E-state index contributed by atoms with van der Waals surface area (Å²) in [5, 5.41) is 0. The van der Waals surface area contributed by atoms with Crippen molar-refractivity contribution >= 4 is 5.82 Å². The summed E-state index contributed by atoms with van der Waals surface area (Å²) < 4.78 is 0. The summed E-state index contributed by atoms with van der Waals surface area (Å²) in [6, 6.07) is 16.5. The molecule has 2 aromatic rings. The van der Waals surface area contributed by atoms with Gasteiger partial charge in [0.15, 0.2) is 0 Å². The lowest BCUT2D eigenvalue weighted by Crippen LogP contribution is -2.24. The molecule has 0 unspecified atom stereocenters. The normalized spacial score (nSPS) is 10.4. The summed E-state index contributed by atoms with van der Waals surface area (Å²) in [4.78, 5) is 6.91. The number of nitrogens with two attached hydrogens (primary N) is 1. The standard InChI is InChI=1S/C16H21N3/c1-2-11-19(13-14-7-4-3-5-8-14)16-10-6-9-15(12-17)18-16/h3-10H,2,11-13,17H2,1H3. The van der Waals surface area contributed by atoms with E-state index >= 15 is 0 Å². The zero-order valence-electron chi connectivity index (χ0n) is 11.4. The Hall–Kier alpha value is -1.87. The average Bonchev–Trinajstić information content (AvgIpc) is 2.48. The highest BCUT2D eigenvalue weighted by atomic mass is 15.2. The number of rotatable bonds is 6. The van der Waals surface area contributed by atoms with E-state index in [-0.39, 0.29) is 0 Å². The molecule has 0 radical (unpaired) electrons. The molecule has 0 saturated heterocycles. The van der Waals surface area contributed by atoms with Crippen molar-refractivity contribution in [2.24, 2.45) is 5.73 Å². The van der Waals surface area contributed by atoms with E-state index in [9.17, 15) is 0 Å². The van der Waals surface area contributed by atoms with Gasteiger partial charge < -0.3 is 10.6 Å². The van der Waals surface area contributed by atoms with Gasteiger partial charge in [-0.1, -0.05) is 43.3 Å². The van der Waals surface area contributed by atoms with Gasteiger partial charge in [0, 0.05) is 19.6 Å². The van der Waals surface area contributed by atoms with Gasteiger partial charge >= 0.3 is 0 Å². The van der Waals surface area contributed by atoms with Crippen LogP contribution >= 0.6 is 0 Å². The minimum Gasteiger partial charge on any atom is -0.352 e. The fraction of sp³-hybridized carbons (Fsp3) is 0.312. The molecule has 0 spiro atoms. The Labute approximate surface area is 115 Å². The highest BCUT2D eigenvalue weighted by Crippen LogP contribution is 2.15. The topological polar surface area (TPSA) is 42.1 Å². The number of anilines is 1. The Balaban J connectivity index is 2.19. The largest absolute Gasteiger partial charge is 0.352 e. The van der Waals surface area contributed by atoms with Gasteiger partial charge in [-0.05, 0) is 24.1 Å². The maximum absolute atomic E-state index is 5.66. The van der Waals surface area contributed by atoms with E-state index < -0.39 is 0 Å². The highest BCUT2D eigenvalue weighted by molar-refractivity contribution is 5.40. The summed E-state index contributed by atoms with van der Waals surface area (Å²) in [5.74, 6) is 1.01. The van der Waals surface area contributed by atoms with Gasteiger partial charge in [-0.2, -0.15) is 0 Å². The first-order chi connectivity index (χ1) is 9.33. The second-order valence-corrected chi connectivity index (χ2v) is 4.60. The van der Waals surface area contributed by atoms with Gasteiger partial charge in [0.1, 0.15) is 5.82 Å². The van der Waals surface area contributed by atoms with E-state index in [1.54, 1.807) is 0 Å². The molecular weight excluding hydrogens is 234 g/mol. The minimum absolute atomic E-state index is 0.485. The molecule has 1 aromatic heterocycles. The highest BCUT2D eigenvalue weighted by Gasteiger charge is 2.08. The molecule has 2 rings (SSSR count). The number of nitrogens with zero attached hydrogens (tertiary/aromatic N) is 2. The van der Waals surface area contributed by atoms with Crippen LogP contribution in [0.15, 0.2) is 48.5 Å². The molecule has 0 aliphatic heterocycles.